The summed E-state index contributed by atoms with van der Waals surface area (Å²) in [5.74, 6) is 0. The quantitative estimate of drug-likeness (QED) is 0.839. The van der Waals surface area contributed by atoms with Crippen LogP contribution in [-0.4, -0.2) is 21.9 Å². The van der Waals surface area contributed by atoms with Crippen molar-refractivity contribution >= 4 is 0 Å². The minimum Gasteiger partial charge on any atom is -0.328 e. The molecule has 1 aromatic heterocycles. The van der Waals surface area contributed by atoms with E-state index in [1.165, 1.54) is 18.4 Å². The Morgan fingerprint density at radius 3 is 2.59 bits per heavy atom. The predicted octanol–water partition coefficient (Wildman–Crippen LogP) is 1.65. The van der Waals surface area contributed by atoms with Crippen molar-refractivity contribution in [2.75, 3.05) is 0 Å². The number of aryl methyl sites for hydroxylation is 2. The average Bonchev–Trinajstić information content (AvgIpc) is 2.61. The van der Waals surface area contributed by atoms with E-state index in [-0.39, 0.29) is 0 Å². The Hall–Kier alpha value is -0.870. The third-order valence-corrected chi connectivity index (χ3v) is 3.78. The lowest BCUT2D eigenvalue weighted by atomic mass is 9.91. The fraction of sp³-hybridized carbons (Fsp3) is 0.769. The van der Waals surface area contributed by atoms with Crippen LogP contribution in [0, 0.1) is 6.92 Å². The number of nitrogens with zero attached hydrogens (tertiary/aromatic N) is 2. The zero-order valence-electron chi connectivity index (χ0n) is 11.1. The largest absolute Gasteiger partial charge is 0.328 e. The zero-order chi connectivity index (χ0) is 12.4. The van der Waals surface area contributed by atoms with Gasteiger partial charge in [-0.1, -0.05) is 0 Å². The molecule has 0 amide bonds. The summed E-state index contributed by atoms with van der Waals surface area (Å²) in [6, 6.07) is 1.41. The van der Waals surface area contributed by atoms with Gasteiger partial charge in [-0.15, -0.1) is 0 Å². The first-order valence-corrected chi connectivity index (χ1v) is 6.58. The minimum atomic E-state index is 0.378. The Kier molecular flexibility index (Phi) is 3.84. The zero-order valence-corrected chi connectivity index (χ0v) is 11.1. The van der Waals surface area contributed by atoms with Crippen molar-refractivity contribution in [1.29, 1.82) is 0 Å². The highest BCUT2D eigenvalue weighted by molar-refractivity contribution is 5.19. The fourth-order valence-corrected chi connectivity index (χ4v) is 2.77. The van der Waals surface area contributed by atoms with Crippen LogP contribution in [0.3, 0.4) is 0 Å². The van der Waals surface area contributed by atoms with E-state index in [0.717, 1.165) is 18.5 Å². The molecule has 1 aliphatic carbocycles. The van der Waals surface area contributed by atoms with Gasteiger partial charge in [0, 0.05) is 36.9 Å². The van der Waals surface area contributed by atoms with Gasteiger partial charge < -0.3 is 11.1 Å². The van der Waals surface area contributed by atoms with Crippen molar-refractivity contribution in [3.05, 3.63) is 17.5 Å². The van der Waals surface area contributed by atoms with Crippen LogP contribution in [0.4, 0.5) is 0 Å². The molecular weight excluding hydrogens is 212 g/mol. The maximum atomic E-state index is 5.93. The van der Waals surface area contributed by atoms with Crippen molar-refractivity contribution in [1.82, 2.24) is 15.1 Å². The first-order chi connectivity index (χ1) is 8.06. The van der Waals surface area contributed by atoms with E-state index in [1.807, 2.05) is 11.7 Å². The lowest BCUT2D eigenvalue weighted by Crippen LogP contribution is -2.38. The Balaban J connectivity index is 1.93. The molecule has 1 heterocycles. The maximum absolute atomic E-state index is 5.93. The molecule has 1 saturated carbocycles. The molecular formula is C13H24N4. The highest BCUT2D eigenvalue weighted by Gasteiger charge is 2.21. The summed E-state index contributed by atoms with van der Waals surface area (Å²) < 4.78 is 1.89. The highest BCUT2D eigenvalue weighted by atomic mass is 15.3. The maximum Gasteiger partial charge on any atom is 0.0641 e. The second-order valence-corrected chi connectivity index (χ2v) is 5.34. The van der Waals surface area contributed by atoms with Crippen LogP contribution in [0.1, 0.15) is 49.9 Å². The molecule has 1 fully saturated rings. The Morgan fingerprint density at radius 1 is 1.41 bits per heavy atom. The summed E-state index contributed by atoms with van der Waals surface area (Å²) in [6.07, 6.45) is 6.81. The van der Waals surface area contributed by atoms with E-state index in [9.17, 15) is 0 Å². The van der Waals surface area contributed by atoms with Gasteiger partial charge >= 0.3 is 0 Å². The van der Waals surface area contributed by atoms with Crippen molar-refractivity contribution in [2.45, 2.75) is 57.7 Å². The molecule has 2 rings (SSSR count). The SMILES string of the molecule is Cc1nn(C)cc1C(C)NC1CCC(N)CC1. The van der Waals surface area contributed by atoms with Crippen LogP contribution in [0.25, 0.3) is 0 Å². The van der Waals surface area contributed by atoms with Crippen molar-refractivity contribution in [2.24, 2.45) is 12.8 Å². The number of nitrogens with two attached hydrogens (primary N) is 1. The second kappa shape index (κ2) is 5.19. The minimum absolute atomic E-state index is 0.378. The number of rotatable bonds is 3. The third-order valence-electron chi connectivity index (χ3n) is 3.78. The topological polar surface area (TPSA) is 55.9 Å². The van der Waals surface area contributed by atoms with Gasteiger partial charge in [-0.05, 0) is 39.5 Å². The lowest BCUT2D eigenvalue weighted by molar-refractivity contribution is 0.322. The van der Waals surface area contributed by atoms with E-state index in [1.54, 1.807) is 0 Å². The molecule has 96 valence electrons. The monoisotopic (exact) mass is 236 g/mol. The summed E-state index contributed by atoms with van der Waals surface area (Å²) in [5.41, 5.74) is 8.36. The van der Waals surface area contributed by atoms with Gasteiger partial charge in [-0.2, -0.15) is 5.10 Å². The van der Waals surface area contributed by atoms with Gasteiger partial charge in [-0.25, -0.2) is 0 Å². The van der Waals surface area contributed by atoms with Crippen LogP contribution in [0.15, 0.2) is 6.20 Å². The van der Waals surface area contributed by atoms with Crippen LogP contribution < -0.4 is 11.1 Å². The first-order valence-electron chi connectivity index (χ1n) is 6.58. The van der Waals surface area contributed by atoms with Crippen molar-refractivity contribution < 1.29 is 0 Å². The molecule has 0 radical (unpaired) electrons. The predicted molar refractivity (Wildman–Crippen MR) is 69.7 cm³/mol. The molecule has 0 aromatic carbocycles. The molecule has 0 spiro atoms. The fourth-order valence-electron chi connectivity index (χ4n) is 2.77. The number of nitrogens with one attached hydrogen (secondary N) is 1. The third kappa shape index (κ3) is 3.07. The highest BCUT2D eigenvalue weighted by Crippen LogP contribution is 2.22. The normalized spacial score (nSPS) is 27.1. The van der Waals surface area contributed by atoms with Crippen molar-refractivity contribution in [3.8, 4) is 0 Å². The van der Waals surface area contributed by atoms with Crippen LogP contribution in [0.5, 0.6) is 0 Å². The molecule has 1 aromatic rings. The molecule has 4 nitrogen and oxygen atoms in total. The average molecular weight is 236 g/mol. The summed E-state index contributed by atoms with van der Waals surface area (Å²) >= 11 is 0. The lowest BCUT2D eigenvalue weighted by Gasteiger charge is -2.29. The molecule has 0 saturated heterocycles. The van der Waals surface area contributed by atoms with E-state index in [2.05, 4.69) is 30.5 Å². The Bertz CT molecular complexity index is 363. The van der Waals surface area contributed by atoms with Crippen molar-refractivity contribution in [3.63, 3.8) is 0 Å². The summed E-state index contributed by atoms with van der Waals surface area (Å²) in [5, 5.41) is 8.09. The Labute approximate surface area is 104 Å². The summed E-state index contributed by atoms with van der Waals surface area (Å²) in [6.45, 7) is 4.29. The summed E-state index contributed by atoms with van der Waals surface area (Å²) in [7, 11) is 1.98. The van der Waals surface area contributed by atoms with E-state index >= 15 is 0 Å². The molecule has 0 bridgehead atoms. The summed E-state index contributed by atoms with van der Waals surface area (Å²) in [4.78, 5) is 0. The second-order valence-electron chi connectivity index (χ2n) is 5.34. The Morgan fingerprint density at radius 2 is 2.06 bits per heavy atom. The smallest absolute Gasteiger partial charge is 0.0641 e. The van der Waals surface area contributed by atoms with Gasteiger partial charge in [-0.3, -0.25) is 4.68 Å². The molecule has 1 atom stereocenters. The first kappa shape index (κ1) is 12.6. The van der Waals surface area contributed by atoms with Gasteiger partial charge in [0.25, 0.3) is 0 Å². The number of hydrogen-bond donors (Lipinski definition) is 2. The number of hydrogen-bond acceptors (Lipinski definition) is 3. The van der Waals surface area contributed by atoms with Gasteiger partial charge in [0.2, 0.25) is 0 Å². The molecule has 3 N–H and O–H groups in total. The molecule has 1 aliphatic rings. The number of aromatic nitrogens is 2. The van der Waals surface area contributed by atoms with Crippen LogP contribution >= 0.6 is 0 Å². The molecule has 17 heavy (non-hydrogen) atoms. The molecule has 0 aliphatic heterocycles. The van der Waals surface area contributed by atoms with Crippen LogP contribution in [-0.2, 0) is 7.05 Å². The standard InChI is InChI=1S/C13H24N4/c1-9(13-8-17(3)16-10(13)2)15-12-6-4-11(14)5-7-12/h8-9,11-12,15H,4-7,14H2,1-3H3. The van der Waals surface area contributed by atoms with Gasteiger partial charge in [0.1, 0.15) is 0 Å². The van der Waals surface area contributed by atoms with E-state index in [4.69, 9.17) is 5.73 Å². The van der Waals surface area contributed by atoms with E-state index in [0.29, 0.717) is 18.1 Å². The molecule has 4 heteroatoms. The van der Waals surface area contributed by atoms with E-state index < -0.39 is 0 Å². The van der Waals surface area contributed by atoms with Crippen LogP contribution in [0.2, 0.25) is 0 Å². The van der Waals surface area contributed by atoms with Gasteiger partial charge in [0.05, 0.1) is 5.69 Å². The van der Waals surface area contributed by atoms with Gasteiger partial charge in [0.15, 0.2) is 0 Å². The molecule has 1 unspecified atom stereocenters.